The van der Waals surface area contributed by atoms with Gasteiger partial charge in [0.05, 0.1) is 0 Å². The van der Waals surface area contributed by atoms with E-state index in [1.54, 1.807) is 16.8 Å². The van der Waals surface area contributed by atoms with Crippen molar-refractivity contribution in [3.8, 4) is 0 Å². The molecular weight excluding hydrogens is 164 g/mol. The van der Waals surface area contributed by atoms with Crippen molar-refractivity contribution in [2.45, 2.75) is 32.7 Å². The Balaban J connectivity index is 2.65. The van der Waals surface area contributed by atoms with Crippen LogP contribution in [0.5, 0.6) is 0 Å². The topological polar surface area (TPSA) is 48.0 Å². The van der Waals surface area contributed by atoms with Crippen molar-refractivity contribution in [2.75, 3.05) is 5.73 Å². The molecule has 3 heteroatoms. The van der Waals surface area contributed by atoms with Crippen LogP contribution in [0.15, 0.2) is 23.1 Å². The molecule has 0 aliphatic rings. The number of pyridine rings is 1. The first-order valence-electron chi connectivity index (χ1n) is 4.70. The molecule has 0 aliphatic carbocycles. The van der Waals surface area contributed by atoms with Crippen LogP contribution in [-0.2, 0) is 6.54 Å². The minimum Gasteiger partial charge on any atom is -0.398 e. The van der Waals surface area contributed by atoms with Crippen LogP contribution < -0.4 is 11.3 Å². The van der Waals surface area contributed by atoms with Crippen molar-refractivity contribution in [2.24, 2.45) is 0 Å². The Hall–Kier alpha value is -1.25. The zero-order valence-electron chi connectivity index (χ0n) is 7.99. The van der Waals surface area contributed by atoms with Crippen LogP contribution in [-0.4, -0.2) is 4.57 Å². The van der Waals surface area contributed by atoms with Gasteiger partial charge < -0.3 is 10.3 Å². The molecule has 0 atom stereocenters. The summed E-state index contributed by atoms with van der Waals surface area (Å²) in [6.07, 6.45) is 5.07. The van der Waals surface area contributed by atoms with E-state index in [-0.39, 0.29) is 5.56 Å². The van der Waals surface area contributed by atoms with Gasteiger partial charge in [0, 0.05) is 24.5 Å². The molecule has 3 nitrogen and oxygen atoms in total. The second-order valence-electron chi connectivity index (χ2n) is 3.20. The lowest BCUT2D eigenvalue weighted by Crippen LogP contribution is -2.18. The quantitative estimate of drug-likeness (QED) is 0.716. The first kappa shape index (κ1) is 9.84. The maximum Gasteiger partial charge on any atom is 0.250 e. The molecule has 0 unspecified atom stereocenters. The second kappa shape index (κ2) is 4.70. The highest BCUT2D eigenvalue weighted by Crippen LogP contribution is 1.99. The molecule has 1 aromatic rings. The first-order chi connectivity index (χ1) is 6.24. The Labute approximate surface area is 78.2 Å². The highest BCUT2D eigenvalue weighted by atomic mass is 16.1. The average molecular weight is 180 g/mol. The van der Waals surface area contributed by atoms with Gasteiger partial charge in [-0.1, -0.05) is 19.8 Å². The Kier molecular flexibility index (Phi) is 3.55. The molecule has 0 amide bonds. The lowest BCUT2D eigenvalue weighted by Gasteiger charge is -2.04. The van der Waals surface area contributed by atoms with Crippen LogP contribution in [0.2, 0.25) is 0 Å². The van der Waals surface area contributed by atoms with Crippen molar-refractivity contribution < 1.29 is 0 Å². The third-order valence-electron chi connectivity index (χ3n) is 2.01. The summed E-state index contributed by atoms with van der Waals surface area (Å²) in [6.45, 7) is 2.92. The van der Waals surface area contributed by atoms with E-state index in [2.05, 4.69) is 6.92 Å². The van der Waals surface area contributed by atoms with Crippen LogP contribution >= 0.6 is 0 Å². The van der Waals surface area contributed by atoms with E-state index >= 15 is 0 Å². The number of hydrogen-bond donors (Lipinski definition) is 1. The van der Waals surface area contributed by atoms with Gasteiger partial charge in [0.25, 0.3) is 5.56 Å². The van der Waals surface area contributed by atoms with Crippen molar-refractivity contribution >= 4 is 5.69 Å². The zero-order chi connectivity index (χ0) is 9.68. The molecule has 0 bridgehead atoms. The summed E-state index contributed by atoms with van der Waals surface area (Å²) in [4.78, 5) is 11.3. The molecule has 0 saturated carbocycles. The highest BCUT2D eigenvalue weighted by molar-refractivity contribution is 5.33. The van der Waals surface area contributed by atoms with Gasteiger partial charge in [0.2, 0.25) is 0 Å². The van der Waals surface area contributed by atoms with Crippen LogP contribution in [0, 0.1) is 0 Å². The van der Waals surface area contributed by atoms with Crippen LogP contribution in [0.3, 0.4) is 0 Å². The van der Waals surface area contributed by atoms with E-state index in [1.165, 1.54) is 6.07 Å². The normalized spacial score (nSPS) is 10.2. The van der Waals surface area contributed by atoms with Gasteiger partial charge in [-0.3, -0.25) is 4.79 Å². The van der Waals surface area contributed by atoms with E-state index in [4.69, 9.17) is 5.73 Å². The third-order valence-corrected chi connectivity index (χ3v) is 2.01. The molecule has 13 heavy (non-hydrogen) atoms. The Morgan fingerprint density at radius 2 is 2.15 bits per heavy atom. The monoisotopic (exact) mass is 180 g/mol. The summed E-state index contributed by atoms with van der Waals surface area (Å²) < 4.78 is 1.67. The number of nitrogen functional groups attached to an aromatic ring is 1. The summed E-state index contributed by atoms with van der Waals surface area (Å²) in [5.74, 6) is 0. The number of hydrogen-bond acceptors (Lipinski definition) is 2. The summed E-state index contributed by atoms with van der Waals surface area (Å²) in [7, 11) is 0. The SMILES string of the molecule is CCCCCn1cc(N)ccc1=O. The van der Waals surface area contributed by atoms with Gasteiger partial charge in [0.1, 0.15) is 0 Å². The smallest absolute Gasteiger partial charge is 0.250 e. The van der Waals surface area contributed by atoms with Crippen molar-refractivity contribution in [3.05, 3.63) is 28.7 Å². The number of unbranched alkanes of at least 4 members (excludes halogenated alkanes) is 2. The van der Waals surface area contributed by atoms with E-state index < -0.39 is 0 Å². The molecule has 1 heterocycles. The molecule has 0 aromatic carbocycles. The minimum absolute atomic E-state index is 0.0327. The summed E-state index contributed by atoms with van der Waals surface area (Å²) in [5.41, 5.74) is 6.25. The molecule has 72 valence electrons. The number of aryl methyl sites for hydroxylation is 1. The largest absolute Gasteiger partial charge is 0.398 e. The fraction of sp³-hybridized carbons (Fsp3) is 0.500. The number of rotatable bonds is 4. The lowest BCUT2D eigenvalue weighted by molar-refractivity contribution is 0.588. The standard InChI is InChI=1S/C10H16N2O/c1-2-3-4-7-12-8-9(11)5-6-10(12)13/h5-6,8H,2-4,7,11H2,1H3. The molecule has 0 saturated heterocycles. The van der Waals surface area contributed by atoms with Crippen molar-refractivity contribution in [1.29, 1.82) is 0 Å². The summed E-state index contributed by atoms with van der Waals surface area (Å²) in [5, 5.41) is 0. The van der Waals surface area contributed by atoms with Crippen molar-refractivity contribution in [3.63, 3.8) is 0 Å². The van der Waals surface area contributed by atoms with E-state index in [1.807, 2.05) is 0 Å². The van der Waals surface area contributed by atoms with E-state index in [0.717, 1.165) is 25.8 Å². The minimum atomic E-state index is 0.0327. The molecule has 0 aliphatic heterocycles. The van der Waals surface area contributed by atoms with Gasteiger partial charge >= 0.3 is 0 Å². The Morgan fingerprint density at radius 3 is 2.85 bits per heavy atom. The van der Waals surface area contributed by atoms with Crippen LogP contribution in [0.1, 0.15) is 26.2 Å². The predicted molar refractivity (Wildman–Crippen MR) is 54.6 cm³/mol. The molecule has 2 N–H and O–H groups in total. The molecule has 1 aromatic heterocycles. The van der Waals surface area contributed by atoms with E-state index in [0.29, 0.717) is 5.69 Å². The average Bonchev–Trinajstić information content (AvgIpc) is 2.11. The summed E-state index contributed by atoms with van der Waals surface area (Å²) >= 11 is 0. The van der Waals surface area contributed by atoms with Gasteiger partial charge in [-0.15, -0.1) is 0 Å². The van der Waals surface area contributed by atoms with Gasteiger partial charge in [-0.05, 0) is 12.5 Å². The molecule has 1 rings (SSSR count). The van der Waals surface area contributed by atoms with Gasteiger partial charge in [-0.25, -0.2) is 0 Å². The summed E-state index contributed by atoms with van der Waals surface area (Å²) in [6, 6.07) is 3.15. The lowest BCUT2D eigenvalue weighted by atomic mass is 10.2. The molecule has 0 fully saturated rings. The van der Waals surface area contributed by atoms with Gasteiger partial charge in [-0.2, -0.15) is 0 Å². The second-order valence-corrected chi connectivity index (χ2v) is 3.20. The molecule has 0 spiro atoms. The Bertz CT molecular complexity index is 317. The number of nitrogens with zero attached hydrogens (tertiary/aromatic N) is 1. The molecular formula is C10H16N2O. The first-order valence-corrected chi connectivity index (χ1v) is 4.70. The third kappa shape index (κ3) is 2.93. The fourth-order valence-electron chi connectivity index (χ4n) is 1.26. The van der Waals surface area contributed by atoms with Crippen LogP contribution in [0.25, 0.3) is 0 Å². The Morgan fingerprint density at radius 1 is 1.38 bits per heavy atom. The fourth-order valence-corrected chi connectivity index (χ4v) is 1.26. The zero-order valence-corrected chi connectivity index (χ0v) is 7.99. The van der Waals surface area contributed by atoms with Crippen LogP contribution in [0.4, 0.5) is 5.69 Å². The predicted octanol–water partition coefficient (Wildman–Crippen LogP) is 1.62. The number of nitrogens with two attached hydrogens (primary N) is 1. The molecule has 0 radical (unpaired) electrons. The number of aromatic nitrogens is 1. The van der Waals surface area contributed by atoms with E-state index in [9.17, 15) is 4.79 Å². The number of anilines is 1. The van der Waals surface area contributed by atoms with Gasteiger partial charge in [0.15, 0.2) is 0 Å². The maximum atomic E-state index is 11.3. The highest BCUT2D eigenvalue weighted by Gasteiger charge is 1.95. The van der Waals surface area contributed by atoms with Crippen molar-refractivity contribution in [1.82, 2.24) is 4.57 Å². The maximum absolute atomic E-state index is 11.3.